The molecule has 2 aromatic rings. The van der Waals surface area contributed by atoms with E-state index in [9.17, 15) is 0 Å². The summed E-state index contributed by atoms with van der Waals surface area (Å²) < 4.78 is 12.0. The number of nitrogens with zero attached hydrogens (tertiary/aromatic N) is 3. The Morgan fingerprint density at radius 3 is 3.00 bits per heavy atom. The molecule has 2 aliphatic heterocycles. The Morgan fingerprint density at radius 1 is 1.33 bits per heavy atom. The molecule has 2 aliphatic rings. The van der Waals surface area contributed by atoms with E-state index in [1.54, 1.807) is 12.4 Å². The third-order valence-corrected chi connectivity index (χ3v) is 4.90. The van der Waals surface area contributed by atoms with Gasteiger partial charge in [0, 0.05) is 25.4 Å². The molecule has 0 radical (unpaired) electrons. The van der Waals surface area contributed by atoms with Crippen LogP contribution < -0.4 is 5.32 Å². The molecule has 2 atom stereocenters. The second-order valence-corrected chi connectivity index (χ2v) is 6.94. The summed E-state index contributed by atoms with van der Waals surface area (Å²) in [4.78, 5) is 10.9. The predicted octanol–water partition coefficient (Wildman–Crippen LogP) is 2.61. The van der Waals surface area contributed by atoms with Crippen LogP contribution in [0, 0.1) is 6.92 Å². The zero-order chi connectivity index (χ0) is 16.4. The van der Waals surface area contributed by atoms with E-state index in [0.29, 0.717) is 12.6 Å². The maximum atomic E-state index is 6.25. The summed E-state index contributed by atoms with van der Waals surface area (Å²) in [5.41, 5.74) is -0.0493. The van der Waals surface area contributed by atoms with Gasteiger partial charge in [-0.1, -0.05) is 0 Å². The van der Waals surface area contributed by atoms with Gasteiger partial charge in [-0.25, -0.2) is 9.97 Å². The highest BCUT2D eigenvalue weighted by Crippen LogP contribution is 2.36. The molecule has 2 fully saturated rings. The molecule has 1 spiro atoms. The average Bonchev–Trinajstić information content (AvgIpc) is 3.15. The van der Waals surface area contributed by atoms with Gasteiger partial charge in [0.15, 0.2) is 0 Å². The number of aryl methyl sites for hydroxylation is 1. The van der Waals surface area contributed by atoms with E-state index in [1.807, 2.05) is 19.1 Å². The molecule has 2 saturated heterocycles. The Kier molecular flexibility index (Phi) is 4.24. The van der Waals surface area contributed by atoms with Gasteiger partial charge < -0.3 is 14.5 Å². The minimum Gasteiger partial charge on any atom is -0.465 e. The van der Waals surface area contributed by atoms with Crippen LogP contribution in [-0.2, 0) is 11.3 Å². The average molecular weight is 328 g/mol. The van der Waals surface area contributed by atoms with E-state index in [-0.39, 0.29) is 11.6 Å². The molecule has 4 rings (SSSR count). The summed E-state index contributed by atoms with van der Waals surface area (Å²) in [6.07, 6.45) is 6.80. The summed E-state index contributed by atoms with van der Waals surface area (Å²) in [6, 6.07) is 6.20. The van der Waals surface area contributed by atoms with Crippen LogP contribution in [0.15, 0.2) is 35.0 Å². The van der Waals surface area contributed by atoms with Crippen molar-refractivity contribution in [2.45, 2.75) is 44.4 Å². The first-order valence-electron chi connectivity index (χ1n) is 8.66. The molecular weight excluding hydrogens is 304 g/mol. The number of hydrogen-bond acceptors (Lipinski definition) is 6. The lowest BCUT2D eigenvalue weighted by atomic mass is 9.88. The van der Waals surface area contributed by atoms with Crippen molar-refractivity contribution in [2.75, 3.05) is 25.0 Å². The maximum absolute atomic E-state index is 6.25. The number of nitrogens with one attached hydrogen (secondary N) is 1. The summed E-state index contributed by atoms with van der Waals surface area (Å²) in [7, 11) is 0. The highest BCUT2D eigenvalue weighted by molar-refractivity contribution is 5.25. The number of ether oxygens (including phenoxy) is 1. The molecule has 0 saturated carbocycles. The Labute approximate surface area is 142 Å². The second-order valence-electron chi connectivity index (χ2n) is 6.94. The van der Waals surface area contributed by atoms with Crippen molar-refractivity contribution >= 4 is 5.95 Å². The number of furan rings is 1. The van der Waals surface area contributed by atoms with Crippen LogP contribution in [0.2, 0.25) is 0 Å². The van der Waals surface area contributed by atoms with E-state index in [0.717, 1.165) is 50.4 Å². The Balaban J connectivity index is 1.36. The predicted molar refractivity (Wildman–Crippen MR) is 90.7 cm³/mol. The first-order chi connectivity index (χ1) is 11.7. The number of piperidine rings is 1. The smallest absolute Gasteiger partial charge is 0.222 e. The highest BCUT2D eigenvalue weighted by atomic mass is 16.5. The molecule has 1 N–H and O–H groups in total. The third-order valence-electron chi connectivity index (χ3n) is 4.90. The maximum Gasteiger partial charge on any atom is 0.222 e. The molecule has 0 bridgehead atoms. The topological polar surface area (TPSA) is 63.4 Å². The minimum atomic E-state index is -0.0493. The molecule has 128 valence electrons. The summed E-state index contributed by atoms with van der Waals surface area (Å²) in [5.74, 6) is 2.69. The first kappa shape index (κ1) is 15.6. The number of anilines is 1. The highest BCUT2D eigenvalue weighted by Gasteiger charge is 2.43. The lowest BCUT2D eigenvalue weighted by Crippen LogP contribution is -2.47. The van der Waals surface area contributed by atoms with Crippen molar-refractivity contribution < 1.29 is 9.15 Å². The van der Waals surface area contributed by atoms with Gasteiger partial charge in [-0.15, -0.1) is 0 Å². The number of aromatic nitrogens is 2. The van der Waals surface area contributed by atoms with E-state index in [2.05, 4.69) is 26.3 Å². The van der Waals surface area contributed by atoms with Crippen LogP contribution in [0.3, 0.4) is 0 Å². The summed E-state index contributed by atoms with van der Waals surface area (Å²) >= 11 is 0. The minimum absolute atomic E-state index is 0.0493. The van der Waals surface area contributed by atoms with E-state index >= 15 is 0 Å². The SMILES string of the molecule is Cc1ccc(CN2CCC[C@]3(C[C@@H](Nc4ncccn4)CO3)C2)o1. The fourth-order valence-corrected chi connectivity index (χ4v) is 3.89. The fourth-order valence-electron chi connectivity index (χ4n) is 3.89. The fraction of sp³-hybridized carbons (Fsp3) is 0.556. The van der Waals surface area contributed by atoms with Gasteiger partial charge in [0.2, 0.25) is 5.95 Å². The number of rotatable bonds is 4. The number of likely N-dealkylation sites (tertiary alicyclic amines) is 1. The van der Waals surface area contributed by atoms with Crippen molar-refractivity contribution in [3.8, 4) is 0 Å². The second kappa shape index (κ2) is 6.53. The zero-order valence-corrected chi connectivity index (χ0v) is 14.1. The van der Waals surface area contributed by atoms with Crippen molar-refractivity contribution in [2.24, 2.45) is 0 Å². The van der Waals surface area contributed by atoms with E-state index in [1.165, 1.54) is 0 Å². The van der Waals surface area contributed by atoms with Crippen molar-refractivity contribution in [3.05, 3.63) is 42.1 Å². The molecule has 0 amide bonds. The van der Waals surface area contributed by atoms with E-state index in [4.69, 9.17) is 9.15 Å². The van der Waals surface area contributed by atoms with Crippen molar-refractivity contribution in [1.29, 1.82) is 0 Å². The summed E-state index contributed by atoms with van der Waals surface area (Å²) in [5, 5.41) is 3.40. The Morgan fingerprint density at radius 2 is 2.21 bits per heavy atom. The zero-order valence-electron chi connectivity index (χ0n) is 14.1. The van der Waals surface area contributed by atoms with Gasteiger partial charge in [-0.05, 0) is 44.5 Å². The molecule has 6 heteroatoms. The lowest BCUT2D eigenvalue weighted by Gasteiger charge is -2.39. The monoisotopic (exact) mass is 328 g/mol. The molecule has 0 aromatic carbocycles. The Bertz CT molecular complexity index is 675. The van der Waals surface area contributed by atoms with Gasteiger partial charge in [0.05, 0.1) is 24.8 Å². The largest absolute Gasteiger partial charge is 0.465 e. The van der Waals surface area contributed by atoms with Gasteiger partial charge in [0.25, 0.3) is 0 Å². The number of hydrogen-bond donors (Lipinski definition) is 1. The Hall–Kier alpha value is -1.92. The molecule has 2 aromatic heterocycles. The van der Waals surface area contributed by atoms with Crippen molar-refractivity contribution in [3.63, 3.8) is 0 Å². The van der Waals surface area contributed by atoms with E-state index < -0.39 is 0 Å². The van der Waals surface area contributed by atoms with Gasteiger partial charge in [-0.2, -0.15) is 0 Å². The van der Waals surface area contributed by atoms with Crippen LogP contribution >= 0.6 is 0 Å². The van der Waals surface area contributed by atoms with Crippen LogP contribution in [0.4, 0.5) is 5.95 Å². The van der Waals surface area contributed by atoms with Gasteiger partial charge >= 0.3 is 0 Å². The quantitative estimate of drug-likeness (QED) is 0.931. The molecule has 0 unspecified atom stereocenters. The summed E-state index contributed by atoms with van der Waals surface area (Å²) in [6.45, 7) is 5.62. The lowest BCUT2D eigenvalue weighted by molar-refractivity contribution is -0.0544. The van der Waals surface area contributed by atoms with Crippen LogP contribution in [0.5, 0.6) is 0 Å². The van der Waals surface area contributed by atoms with Crippen molar-refractivity contribution in [1.82, 2.24) is 14.9 Å². The van der Waals surface area contributed by atoms with Crippen LogP contribution in [0.25, 0.3) is 0 Å². The van der Waals surface area contributed by atoms with Crippen LogP contribution in [0.1, 0.15) is 30.8 Å². The molecule has 24 heavy (non-hydrogen) atoms. The molecule has 4 heterocycles. The van der Waals surface area contributed by atoms with Crippen LogP contribution in [-0.4, -0.2) is 46.2 Å². The third kappa shape index (κ3) is 3.44. The van der Waals surface area contributed by atoms with Gasteiger partial charge in [0.1, 0.15) is 11.5 Å². The van der Waals surface area contributed by atoms with Gasteiger partial charge in [-0.3, -0.25) is 4.90 Å². The first-order valence-corrected chi connectivity index (χ1v) is 8.66. The molecular formula is C18H24N4O2. The molecule has 0 aliphatic carbocycles. The normalized spacial score (nSPS) is 27.6. The molecule has 6 nitrogen and oxygen atoms in total. The standard InChI is InChI=1S/C18H24N4O2/c1-14-4-5-16(24-14)11-22-9-2-6-18(13-22)10-15(12-23-18)21-17-19-7-3-8-20-17/h3-5,7-8,15H,2,6,9-13H2,1H3,(H,19,20,21)/t15-,18+/m1/s1.